The van der Waals surface area contributed by atoms with Gasteiger partial charge in [-0.25, -0.2) is 4.68 Å². The predicted molar refractivity (Wildman–Crippen MR) is 110 cm³/mol. The van der Waals surface area contributed by atoms with Crippen molar-refractivity contribution in [2.24, 2.45) is 0 Å². The molecule has 1 aliphatic heterocycles. The lowest BCUT2D eigenvalue weighted by Crippen LogP contribution is -2.36. The Kier molecular flexibility index (Phi) is 4.57. The molecule has 0 amide bonds. The second-order valence-corrected chi connectivity index (χ2v) is 8.87. The van der Waals surface area contributed by atoms with Gasteiger partial charge in [0.05, 0.1) is 11.1 Å². The van der Waals surface area contributed by atoms with Crippen molar-refractivity contribution in [3.63, 3.8) is 0 Å². The van der Waals surface area contributed by atoms with Crippen LogP contribution in [0, 0.1) is 13.8 Å². The second-order valence-electron chi connectivity index (χ2n) is 8.87. The number of benzene rings is 1. The van der Waals surface area contributed by atoms with Crippen LogP contribution >= 0.6 is 0 Å². The summed E-state index contributed by atoms with van der Waals surface area (Å²) in [4.78, 5) is 18.6. The Hall–Kier alpha value is -2.54. The molecule has 0 aliphatic carbocycles. The molecule has 1 aromatic carbocycles. The molecule has 1 fully saturated rings. The van der Waals surface area contributed by atoms with Crippen molar-refractivity contribution in [2.45, 2.75) is 59.0 Å². The first-order valence-electron chi connectivity index (χ1n) is 9.93. The SMILES string of the molecule is Cc1cc(C)c2[nH]c(=O)c([C@H](c3nnnn3C(C)(C)C)N3CCCC3)cc2c1. The van der Waals surface area contributed by atoms with E-state index in [9.17, 15) is 4.79 Å². The minimum Gasteiger partial charge on any atom is -0.321 e. The Labute approximate surface area is 164 Å². The van der Waals surface area contributed by atoms with Crippen molar-refractivity contribution in [2.75, 3.05) is 13.1 Å². The summed E-state index contributed by atoms with van der Waals surface area (Å²) in [5.41, 5.74) is 3.53. The minimum atomic E-state index is -0.270. The summed E-state index contributed by atoms with van der Waals surface area (Å²) in [6, 6.07) is 5.98. The van der Waals surface area contributed by atoms with Crippen LogP contribution < -0.4 is 5.56 Å². The summed E-state index contributed by atoms with van der Waals surface area (Å²) < 4.78 is 1.85. The third-order valence-corrected chi connectivity index (χ3v) is 5.50. The first kappa shape index (κ1) is 18.8. The van der Waals surface area contributed by atoms with Crippen LogP contribution in [0.4, 0.5) is 0 Å². The fourth-order valence-electron chi connectivity index (χ4n) is 4.25. The lowest BCUT2D eigenvalue weighted by molar-refractivity contribution is 0.241. The molecule has 1 N–H and O–H groups in total. The number of H-pyrrole nitrogens is 1. The minimum absolute atomic E-state index is 0.0696. The lowest BCUT2D eigenvalue weighted by atomic mass is 10.00. The average Bonchev–Trinajstić information content (AvgIpc) is 3.28. The number of nitrogens with one attached hydrogen (secondary N) is 1. The Morgan fingerprint density at radius 1 is 1.11 bits per heavy atom. The van der Waals surface area contributed by atoms with Crippen molar-refractivity contribution in [1.82, 2.24) is 30.1 Å². The number of nitrogens with zero attached hydrogens (tertiary/aromatic N) is 5. The molecular weight excluding hydrogens is 352 g/mol. The van der Waals surface area contributed by atoms with Gasteiger partial charge in [0.2, 0.25) is 0 Å². The maximum absolute atomic E-state index is 13.2. The van der Waals surface area contributed by atoms with Crippen molar-refractivity contribution in [3.05, 3.63) is 51.1 Å². The van der Waals surface area contributed by atoms with Gasteiger partial charge in [0, 0.05) is 5.56 Å². The Morgan fingerprint density at radius 3 is 2.50 bits per heavy atom. The third-order valence-electron chi connectivity index (χ3n) is 5.50. The maximum Gasteiger partial charge on any atom is 0.253 e. The van der Waals surface area contributed by atoms with E-state index in [2.05, 4.69) is 65.2 Å². The Morgan fingerprint density at radius 2 is 1.82 bits per heavy atom. The van der Waals surface area contributed by atoms with E-state index >= 15 is 0 Å². The highest BCUT2D eigenvalue weighted by Gasteiger charge is 2.34. The van der Waals surface area contributed by atoms with Gasteiger partial charge in [-0.05, 0) is 94.1 Å². The Bertz CT molecular complexity index is 1070. The van der Waals surface area contributed by atoms with Crippen molar-refractivity contribution in [1.29, 1.82) is 0 Å². The predicted octanol–water partition coefficient (Wildman–Crippen LogP) is 3.07. The molecule has 7 heteroatoms. The Balaban J connectivity index is 1.95. The van der Waals surface area contributed by atoms with E-state index in [1.165, 1.54) is 5.56 Å². The molecule has 148 valence electrons. The fraction of sp³-hybridized carbons (Fsp3) is 0.524. The lowest BCUT2D eigenvalue weighted by Gasteiger charge is -2.29. The van der Waals surface area contributed by atoms with Crippen LogP contribution in [0.25, 0.3) is 10.9 Å². The second kappa shape index (κ2) is 6.81. The summed E-state index contributed by atoms with van der Waals surface area (Å²) in [5, 5.41) is 13.6. The first-order chi connectivity index (χ1) is 13.3. The molecule has 2 aromatic heterocycles. The number of hydrogen-bond donors (Lipinski definition) is 1. The number of aromatic nitrogens is 5. The van der Waals surface area contributed by atoms with E-state index in [0.717, 1.165) is 48.2 Å². The number of likely N-dealkylation sites (tertiary alicyclic amines) is 1. The van der Waals surface area contributed by atoms with Crippen molar-refractivity contribution < 1.29 is 0 Å². The van der Waals surface area contributed by atoms with E-state index in [1.54, 1.807) is 0 Å². The van der Waals surface area contributed by atoms with Crippen LogP contribution in [-0.2, 0) is 5.54 Å². The largest absolute Gasteiger partial charge is 0.321 e. The zero-order valence-corrected chi connectivity index (χ0v) is 17.3. The number of fused-ring (bicyclic) bond motifs is 1. The summed E-state index contributed by atoms with van der Waals surface area (Å²) in [7, 11) is 0. The number of hydrogen-bond acceptors (Lipinski definition) is 5. The molecule has 1 aliphatic rings. The highest BCUT2D eigenvalue weighted by molar-refractivity contribution is 5.83. The van der Waals surface area contributed by atoms with E-state index in [1.807, 2.05) is 17.7 Å². The number of aromatic amines is 1. The van der Waals surface area contributed by atoms with Gasteiger partial charge in [-0.15, -0.1) is 5.10 Å². The summed E-state index contributed by atoms with van der Waals surface area (Å²) in [6.45, 7) is 12.2. The highest BCUT2D eigenvalue weighted by atomic mass is 16.1. The van der Waals surface area contributed by atoms with Crippen LogP contribution in [0.3, 0.4) is 0 Å². The van der Waals surface area contributed by atoms with E-state index in [4.69, 9.17) is 0 Å². The van der Waals surface area contributed by atoms with Crippen LogP contribution in [-0.4, -0.2) is 43.2 Å². The smallest absolute Gasteiger partial charge is 0.253 e. The van der Waals surface area contributed by atoms with Crippen LogP contribution in [0.5, 0.6) is 0 Å². The van der Waals surface area contributed by atoms with Gasteiger partial charge in [0.15, 0.2) is 5.82 Å². The molecule has 4 rings (SSSR count). The van der Waals surface area contributed by atoms with Gasteiger partial charge in [-0.1, -0.05) is 11.6 Å². The van der Waals surface area contributed by atoms with Crippen molar-refractivity contribution in [3.8, 4) is 0 Å². The molecule has 3 heterocycles. The fourth-order valence-corrected chi connectivity index (χ4v) is 4.25. The quantitative estimate of drug-likeness (QED) is 0.755. The molecular formula is C21H28N6O. The molecule has 0 unspecified atom stereocenters. The van der Waals surface area contributed by atoms with E-state index in [-0.39, 0.29) is 17.1 Å². The third kappa shape index (κ3) is 3.24. The molecule has 0 saturated carbocycles. The normalized spacial score (nSPS) is 16.8. The monoisotopic (exact) mass is 380 g/mol. The number of pyridine rings is 1. The molecule has 28 heavy (non-hydrogen) atoms. The maximum atomic E-state index is 13.2. The molecule has 0 spiro atoms. The summed E-state index contributed by atoms with van der Waals surface area (Å²) in [5.74, 6) is 0.726. The van der Waals surface area contributed by atoms with Gasteiger partial charge in [-0.3, -0.25) is 9.69 Å². The molecule has 0 radical (unpaired) electrons. The van der Waals surface area contributed by atoms with Crippen LogP contribution in [0.1, 0.15) is 62.2 Å². The van der Waals surface area contributed by atoms with Crippen LogP contribution in [0.15, 0.2) is 23.0 Å². The molecule has 7 nitrogen and oxygen atoms in total. The highest BCUT2D eigenvalue weighted by Crippen LogP contribution is 2.32. The number of tetrazole rings is 1. The molecule has 1 saturated heterocycles. The molecule has 1 atom stereocenters. The summed E-state index contributed by atoms with van der Waals surface area (Å²) in [6.07, 6.45) is 2.24. The molecule has 3 aromatic rings. The van der Waals surface area contributed by atoms with Crippen molar-refractivity contribution >= 4 is 10.9 Å². The zero-order valence-electron chi connectivity index (χ0n) is 17.3. The standard InChI is InChI=1S/C21H28N6O/c1-13-10-14(2)17-15(11-13)12-16(20(28)22-17)18(26-8-6-7-9-26)19-23-24-25-27(19)21(3,4)5/h10-12,18H,6-9H2,1-5H3,(H,22,28)/t18-/m1/s1. The zero-order chi connectivity index (χ0) is 20.1. The van der Waals surface area contributed by atoms with Gasteiger partial charge in [-0.2, -0.15) is 0 Å². The average molecular weight is 380 g/mol. The van der Waals surface area contributed by atoms with Gasteiger partial charge < -0.3 is 4.98 Å². The summed E-state index contributed by atoms with van der Waals surface area (Å²) >= 11 is 0. The number of aryl methyl sites for hydroxylation is 2. The van der Waals surface area contributed by atoms with Gasteiger partial charge in [0.1, 0.15) is 6.04 Å². The first-order valence-corrected chi connectivity index (χ1v) is 9.93. The number of rotatable bonds is 3. The van der Waals surface area contributed by atoms with E-state index in [0.29, 0.717) is 5.56 Å². The van der Waals surface area contributed by atoms with Crippen LogP contribution in [0.2, 0.25) is 0 Å². The molecule has 0 bridgehead atoms. The topological polar surface area (TPSA) is 79.7 Å². The van der Waals surface area contributed by atoms with Gasteiger partial charge in [0.25, 0.3) is 5.56 Å². The van der Waals surface area contributed by atoms with Gasteiger partial charge >= 0.3 is 0 Å². The van der Waals surface area contributed by atoms with E-state index < -0.39 is 0 Å².